The van der Waals surface area contributed by atoms with E-state index >= 15 is 0 Å². The first-order valence-electron chi connectivity index (χ1n) is 11.6. The van der Waals surface area contributed by atoms with Gasteiger partial charge in [-0.1, -0.05) is 63.2 Å². The van der Waals surface area contributed by atoms with Gasteiger partial charge < -0.3 is 20.3 Å². The quantitative estimate of drug-likeness (QED) is 0.390. The van der Waals surface area contributed by atoms with E-state index in [1.165, 1.54) is 24.3 Å². The standard InChI is InChI=1S/C27H32FN3O5/c1-26(2,3)27(4,35)17-36-23-16-21(30-31(23)22-13-9-8-12-20(22)28)25(34)29-19(15-24(32)33)14-18-10-6-5-7-11-18/h5-13,16,19,35H,14-15,17H2,1-4H3,(H,29,34)(H,32,33)/t19-,27+/m0/s1. The molecule has 192 valence electrons. The fourth-order valence-electron chi connectivity index (χ4n) is 3.35. The molecule has 0 saturated carbocycles. The van der Waals surface area contributed by atoms with Crippen LogP contribution in [-0.2, 0) is 11.2 Å². The van der Waals surface area contributed by atoms with Gasteiger partial charge in [0.25, 0.3) is 5.91 Å². The summed E-state index contributed by atoms with van der Waals surface area (Å²) >= 11 is 0. The molecular weight excluding hydrogens is 465 g/mol. The second kappa shape index (κ2) is 10.9. The van der Waals surface area contributed by atoms with Crippen LogP contribution in [0.25, 0.3) is 5.69 Å². The van der Waals surface area contributed by atoms with Crippen molar-refractivity contribution in [3.8, 4) is 11.6 Å². The van der Waals surface area contributed by atoms with E-state index in [1.807, 2.05) is 51.1 Å². The zero-order valence-electron chi connectivity index (χ0n) is 20.9. The summed E-state index contributed by atoms with van der Waals surface area (Å²) in [6.45, 7) is 7.08. The Labute approximate surface area is 209 Å². The van der Waals surface area contributed by atoms with E-state index in [0.717, 1.165) is 10.2 Å². The highest BCUT2D eigenvalue weighted by atomic mass is 19.1. The number of carbonyl (C=O) groups is 2. The van der Waals surface area contributed by atoms with Gasteiger partial charge in [0.2, 0.25) is 5.88 Å². The number of carboxylic acid groups (broad SMARTS) is 1. The van der Waals surface area contributed by atoms with Crippen LogP contribution in [0.5, 0.6) is 5.88 Å². The van der Waals surface area contributed by atoms with Gasteiger partial charge >= 0.3 is 5.97 Å². The molecule has 0 aliphatic heterocycles. The molecule has 0 radical (unpaired) electrons. The van der Waals surface area contributed by atoms with Crippen molar-refractivity contribution in [3.63, 3.8) is 0 Å². The number of carbonyl (C=O) groups excluding carboxylic acids is 1. The van der Waals surface area contributed by atoms with E-state index < -0.39 is 34.8 Å². The van der Waals surface area contributed by atoms with Crippen molar-refractivity contribution in [2.24, 2.45) is 5.41 Å². The minimum atomic E-state index is -1.23. The lowest BCUT2D eigenvalue weighted by Crippen LogP contribution is -2.45. The van der Waals surface area contributed by atoms with Gasteiger partial charge in [-0.05, 0) is 36.5 Å². The van der Waals surface area contributed by atoms with Crippen LogP contribution < -0.4 is 10.1 Å². The van der Waals surface area contributed by atoms with Gasteiger partial charge in [0.15, 0.2) is 5.69 Å². The predicted octanol–water partition coefficient (Wildman–Crippen LogP) is 4.00. The molecule has 9 heteroatoms. The maximum absolute atomic E-state index is 14.6. The molecule has 0 aliphatic carbocycles. The Hall–Kier alpha value is -3.72. The number of hydrogen-bond acceptors (Lipinski definition) is 5. The number of ether oxygens (including phenoxy) is 1. The first-order chi connectivity index (χ1) is 16.9. The number of carboxylic acids is 1. The number of nitrogens with one attached hydrogen (secondary N) is 1. The first-order valence-corrected chi connectivity index (χ1v) is 11.6. The highest BCUT2D eigenvalue weighted by molar-refractivity contribution is 5.93. The number of nitrogens with zero attached hydrogens (tertiary/aromatic N) is 2. The predicted molar refractivity (Wildman–Crippen MR) is 133 cm³/mol. The Bertz CT molecular complexity index is 1200. The van der Waals surface area contributed by atoms with E-state index in [1.54, 1.807) is 13.0 Å². The van der Waals surface area contributed by atoms with Gasteiger partial charge in [0.05, 0.1) is 6.42 Å². The van der Waals surface area contributed by atoms with Crippen LogP contribution in [0.4, 0.5) is 4.39 Å². The lowest BCUT2D eigenvalue weighted by molar-refractivity contribution is -0.137. The average Bonchev–Trinajstić information content (AvgIpc) is 3.22. The Balaban J connectivity index is 1.90. The molecule has 0 aliphatic rings. The van der Waals surface area contributed by atoms with E-state index in [-0.39, 0.29) is 30.3 Å². The maximum Gasteiger partial charge on any atom is 0.305 e. The highest BCUT2D eigenvalue weighted by Gasteiger charge is 2.36. The fraction of sp³-hybridized carbons (Fsp3) is 0.370. The second-order valence-electron chi connectivity index (χ2n) is 10.0. The van der Waals surface area contributed by atoms with Crippen molar-refractivity contribution in [2.45, 2.75) is 52.2 Å². The third-order valence-electron chi connectivity index (χ3n) is 6.19. The molecule has 2 atom stereocenters. The van der Waals surface area contributed by atoms with Crippen molar-refractivity contribution >= 4 is 11.9 Å². The largest absolute Gasteiger partial charge is 0.481 e. The van der Waals surface area contributed by atoms with Crippen molar-refractivity contribution < 1.29 is 28.9 Å². The van der Waals surface area contributed by atoms with Gasteiger partial charge in [0.1, 0.15) is 23.7 Å². The fourth-order valence-corrected chi connectivity index (χ4v) is 3.35. The van der Waals surface area contributed by atoms with Crippen LogP contribution in [0.15, 0.2) is 60.7 Å². The van der Waals surface area contributed by atoms with Gasteiger partial charge in [-0.25, -0.2) is 4.39 Å². The smallest absolute Gasteiger partial charge is 0.305 e. The van der Waals surface area contributed by atoms with Gasteiger partial charge in [-0.2, -0.15) is 9.78 Å². The van der Waals surface area contributed by atoms with E-state index in [0.29, 0.717) is 6.42 Å². The summed E-state index contributed by atoms with van der Waals surface area (Å²) in [5.74, 6) is -2.19. The summed E-state index contributed by atoms with van der Waals surface area (Å²) in [4.78, 5) is 24.5. The molecule has 0 bridgehead atoms. The van der Waals surface area contributed by atoms with Crippen molar-refractivity contribution in [1.29, 1.82) is 0 Å². The van der Waals surface area contributed by atoms with Crippen molar-refractivity contribution in [3.05, 3.63) is 77.7 Å². The monoisotopic (exact) mass is 497 g/mol. The second-order valence-corrected chi connectivity index (χ2v) is 10.0. The summed E-state index contributed by atoms with van der Waals surface area (Å²) in [6, 6.07) is 15.8. The molecule has 0 saturated heterocycles. The molecule has 1 aromatic heterocycles. The molecule has 1 amide bonds. The van der Waals surface area contributed by atoms with Crippen LogP contribution >= 0.6 is 0 Å². The number of rotatable bonds is 10. The first kappa shape index (κ1) is 26.9. The van der Waals surface area contributed by atoms with Crippen LogP contribution in [0.2, 0.25) is 0 Å². The van der Waals surface area contributed by atoms with Gasteiger partial charge in [-0.15, -0.1) is 0 Å². The molecule has 3 aromatic rings. The lowest BCUT2D eigenvalue weighted by atomic mass is 9.78. The summed E-state index contributed by atoms with van der Waals surface area (Å²) in [7, 11) is 0. The van der Waals surface area contributed by atoms with Crippen LogP contribution in [0.3, 0.4) is 0 Å². The third kappa shape index (κ3) is 6.69. The molecule has 0 fully saturated rings. The Morgan fingerprint density at radius 3 is 2.33 bits per heavy atom. The zero-order valence-corrected chi connectivity index (χ0v) is 20.9. The average molecular weight is 498 g/mol. The number of halogens is 1. The van der Waals surface area contributed by atoms with E-state index in [2.05, 4.69) is 10.4 Å². The van der Waals surface area contributed by atoms with Crippen LogP contribution in [0.1, 0.15) is 50.2 Å². The zero-order chi connectivity index (χ0) is 26.5. The number of aromatic nitrogens is 2. The third-order valence-corrected chi connectivity index (χ3v) is 6.19. The van der Waals surface area contributed by atoms with Crippen molar-refractivity contribution in [2.75, 3.05) is 6.61 Å². The van der Waals surface area contributed by atoms with Gasteiger partial charge in [-0.3, -0.25) is 9.59 Å². The van der Waals surface area contributed by atoms with Crippen LogP contribution in [0, 0.1) is 11.2 Å². The molecule has 0 unspecified atom stereocenters. The molecule has 1 heterocycles. The van der Waals surface area contributed by atoms with Gasteiger partial charge in [0, 0.05) is 12.1 Å². The summed E-state index contributed by atoms with van der Waals surface area (Å²) in [6.07, 6.45) is 0.0250. The molecular formula is C27H32FN3O5. The molecule has 36 heavy (non-hydrogen) atoms. The van der Waals surface area contributed by atoms with E-state index in [9.17, 15) is 24.2 Å². The van der Waals surface area contributed by atoms with Crippen molar-refractivity contribution in [1.82, 2.24) is 15.1 Å². The highest BCUT2D eigenvalue weighted by Crippen LogP contribution is 2.31. The number of benzene rings is 2. The number of para-hydroxylation sites is 1. The molecule has 3 rings (SSSR count). The number of aliphatic hydroxyl groups is 1. The minimum Gasteiger partial charge on any atom is -0.481 e. The normalized spacial score (nSPS) is 14.1. The molecule has 0 spiro atoms. The molecule has 2 aromatic carbocycles. The molecule has 3 N–H and O–H groups in total. The molecule has 8 nitrogen and oxygen atoms in total. The Kier molecular flexibility index (Phi) is 8.14. The summed E-state index contributed by atoms with van der Waals surface area (Å²) in [5.41, 5.74) is -0.894. The Morgan fingerprint density at radius 1 is 1.08 bits per heavy atom. The minimum absolute atomic E-state index is 0.0626. The maximum atomic E-state index is 14.6. The van der Waals surface area contributed by atoms with E-state index in [4.69, 9.17) is 4.74 Å². The number of hydrogen-bond donors (Lipinski definition) is 3. The SMILES string of the molecule is CC(C)(C)[C@](C)(O)COc1cc(C(=O)N[C@H](CC(=O)O)Cc2ccccc2)nn1-c1ccccc1F. The van der Waals surface area contributed by atoms with Crippen LogP contribution in [-0.4, -0.2) is 50.1 Å². The summed E-state index contributed by atoms with van der Waals surface area (Å²) < 4.78 is 21.6. The Morgan fingerprint density at radius 2 is 1.72 bits per heavy atom. The number of aliphatic carboxylic acids is 1. The topological polar surface area (TPSA) is 114 Å². The number of amides is 1. The summed E-state index contributed by atoms with van der Waals surface area (Å²) in [5, 5.41) is 27.1. The lowest BCUT2D eigenvalue weighted by Gasteiger charge is -2.36.